The lowest BCUT2D eigenvalue weighted by molar-refractivity contribution is -0.123. The van der Waals surface area contributed by atoms with Crippen LogP contribution in [0.2, 0.25) is 0 Å². The Morgan fingerprint density at radius 2 is 1.76 bits per heavy atom. The van der Waals surface area contributed by atoms with Gasteiger partial charge in [0.1, 0.15) is 29.1 Å². The van der Waals surface area contributed by atoms with Gasteiger partial charge in [0.25, 0.3) is 0 Å². The Morgan fingerprint density at radius 3 is 2.38 bits per heavy atom. The maximum atomic E-state index is 14.6. The fourth-order valence-corrected chi connectivity index (χ4v) is 4.82. The topological polar surface area (TPSA) is 83.2 Å². The smallest absolute Gasteiger partial charge is 0.408 e. The molecule has 1 fully saturated rings. The quantitative estimate of drug-likeness (QED) is 0.352. The molecule has 6 nitrogen and oxygen atoms in total. The van der Waals surface area contributed by atoms with Crippen LogP contribution in [0.15, 0.2) is 36.4 Å². The van der Waals surface area contributed by atoms with Gasteiger partial charge in [0.15, 0.2) is 0 Å². The van der Waals surface area contributed by atoms with Gasteiger partial charge in [0.2, 0.25) is 5.91 Å². The lowest BCUT2D eigenvalue weighted by Crippen LogP contribution is -2.49. The number of hydrogen-bond donors (Lipinski definition) is 3. The first-order chi connectivity index (χ1) is 17.4. The largest absolute Gasteiger partial charge is 0.444 e. The van der Waals surface area contributed by atoms with E-state index in [9.17, 15) is 22.8 Å². The van der Waals surface area contributed by atoms with Crippen LogP contribution in [0.1, 0.15) is 58.4 Å². The van der Waals surface area contributed by atoms with Gasteiger partial charge >= 0.3 is 6.09 Å². The predicted molar refractivity (Wildman–Crippen MR) is 136 cm³/mol. The zero-order chi connectivity index (χ0) is 26.9. The maximum Gasteiger partial charge on any atom is 0.408 e. The summed E-state index contributed by atoms with van der Waals surface area (Å²) in [5.74, 6) is -1.85. The van der Waals surface area contributed by atoms with Crippen molar-refractivity contribution in [2.24, 2.45) is 5.92 Å². The van der Waals surface area contributed by atoms with E-state index in [0.29, 0.717) is 42.5 Å². The molecule has 198 valence electrons. The molecule has 1 atom stereocenters. The number of amides is 2. The third kappa shape index (κ3) is 6.09. The van der Waals surface area contributed by atoms with Crippen LogP contribution in [0.5, 0.6) is 0 Å². The number of carbonyl (C=O) groups is 2. The Hall–Kier alpha value is -3.49. The summed E-state index contributed by atoms with van der Waals surface area (Å²) in [6, 6.07) is 7.32. The number of carbonyl (C=O) groups excluding carboxylic acids is 2. The average molecular weight is 516 g/mol. The van der Waals surface area contributed by atoms with E-state index in [1.54, 1.807) is 39.8 Å². The van der Waals surface area contributed by atoms with Crippen LogP contribution in [-0.4, -0.2) is 35.2 Å². The minimum atomic E-state index is -0.713. The Kier molecular flexibility index (Phi) is 7.52. The highest BCUT2D eigenvalue weighted by molar-refractivity contribution is 5.92. The molecule has 4 rings (SSSR count). The van der Waals surface area contributed by atoms with Crippen molar-refractivity contribution in [2.45, 2.75) is 64.5 Å². The van der Waals surface area contributed by atoms with Gasteiger partial charge in [-0.3, -0.25) is 4.79 Å². The standard InChI is InChI=1S/C28H32F3N3O3/c1-5-22(33-27(36)37-28(2,3)4)26(35)32-14-15-10-17(11-15)23-20-12-19(30)13-21(31)25(20)34-24(23)16-6-8-18(29)9-7-16/h6-9,12-13,15,17,22,34H,5,10-11,14H2,1-4H3,(H,32,35)(H,33,36)/t15-,17-,22-/m1/s1. The summed E-state index contributed by atoms with van der Waals surface area (Å²) in [6.07, 6.45) is 1.17. The highest BCUT2D eigenvalue weighted by Gasteiger charge is 2.35. The first-order valence-corrected chi connectivity index (χ1v) is 12.5. The van der Waals surface area contributed by atoms with Crippen molar-refractivity contribution in [1.82, 2.24) is 15.6 Å². The van der Waals surface area contributed by atoms with Gasteiger partial charge in [-0.15, -0.1) is 0 Å². The SMILES string of the molecule is CC[C@@H](NC(=O)OC(C)(C)C)C(=O)NC[C@H]1C[C@H](c2c(-c3ccc(F)cc3)[nH]c3c(F)cc(F)cc32)C1. The van der Waals surface area contributed by atoms with Crippen LogP contribution in [0.3, 0.4) is 0 Å². The molecule has 1 heterocycles. The molecule has 1 saturated carbocycles. The second kappa shape index (κ2) is 10.5. The van der Waals surface area contributed by atoms with Gasteiger partial charge in [0.05, 0.1) is 11.2 Å². The summed E-state index contributed by atoms with van der Waals surface area (Å²) in [7, 11) is 0. The molecule has 3 aromatic rings. The number of halogens is 3. The summed E-state index contributed by atoms with van der Waals surface area (Å²) in [4.78, 5) is 27.8. The number of benzene rings is 2. The number of nitrogens with one attached hydrogen (secondary N) is 3. The van der Waals surface area contributed by atoms with Gasteiger partial charge < -0.3 is 20.4 Å². The van der Waals surface area contributed by atoms with Crippen molar-refractivity contribution in [3.63, 3.8) is 0 Å². The number of rotatable bonds is 7. The summed E-state index contributed by atoms with van der Waals surface area (Å²) in [5.41, 5.74) is 1.66. The van der Waals surface area contributed by atoms with E-state index in [-0.39, 0.29) is 29.1 Å². The Labute approximate surface area is 214 Å². The lowest BCUT2D eigenvalue weighted by Gasteiger charge is -2.36. The van der Waals surface area contributed by atoms with Crippen molar-refractivity contribution >= 4 is 22.9 Å². The summed E-state index contributed by atoms with van der Waals surface area (Å²) in [5, 5.41) is 5.97. The molecule has 9 heteroatoms. The van der Waals surface area contributed by atoms with E-state index in [1.807, 2.05) is 0 Å². The van der Waals surface area contributed by atoms with Crippen molar-refractivity contribution in [2.75, 3.05) is 6.54 Å². The molecule has 2 amide bonds. The van der Waals surface area contributed by atoms with E-state index in [1.165, 1.54) is 18.2 Å². The van der Waals surface area contributed by atoms with Crippen molar-refractivity contribution in [1.29, 1.82) is 0 Å². The van der Waals surface area contributed by atoms with Crippen LogP contribution in [0, 0.1) is 23.4 Å². The van der Waals surface area contributed by atoms with E-state index >= 15 is 0 Å². The third-order valence-electron chi connectivity index (χ3n) is 6.62. The van der Waals surface area contributed by atoms with Crippen LogP contribution >= 0.6 is 0 Å². The average Bonchev–Trinajstić information content (AvgIpc) is 3.15. The first kappa shape index (κ1) is 26.6. The second-order valence-electron chi connectivity index (χ2n) is 10.6. The number of hydrogen-bond acceptors (Lipinski definition) is 3. The molecule has 0 unspecified atom stereocenters. The molecule has 37 heavy (non-hydrogen) atoms. The third-order valence-corrected chi connectivity index (χ3v) is 6.62. The molecule has 1 aliphatic carbocycles. The number of ether oxygens (including phenoxy) is 1. The first-order valence-electron chi connectivity index (χ1n) is 12.5. The maximum absolute atomic E-state index is 14.6. The molecule has 0 saturated heterocycles. The van der Waals surface area contributed by atoms with Crippen LogP contribution in [0.4, 0.5) is 18.0 Å². The molecule has 0 aliphatic heterocycles. The molecule has 0 bridgehead atoms. The highest BCUT2D eigenvalue weighted by Crippen LogP contribution is 2.48. The minimum absolute atomic E-state index is 0.0127. The summed E-state index contributed by atoms with van der Waals surface area (Å²) >= 11 is 0. The number of aromatic amines is 1. The van der Waals surface area contributed by atoms with Gasteiger partial charge in [-0.1, -0.05) is 6.92 Å². The summed E-state index contributed by atoms with van der Waals surface area (Å²) in [6.45, 7) is 7.46. The van der Waals surface area contributed by atoms with Gasteiger partial charge in [0, 0.05) is 18.0 Å². The monoisotopic (exact) mass is 515 g/mol. The normalized spacial score (nSPS) is 18.2. The van der Waals surface area contributed by atoms with E-state index in [4.69, 9.17) is 4.74 Å². The Bertz CT molecular complexity index is 1290. The predicted octanol–water partition coefficient (Wildman–Crippen LogP) is 6.17. The van der Waals surface area contributed by atoms with E-state index < -0.39 is 29.4 Å². The fourth-order valence-electron chi connectivity index (χ4n) is 4.82. The molecule has 0 radical (unpaired) electrons. The number of aromatic nitrogens is 1. The lowest BCUT2D eigenvalue weighted by atomic mass is 9.70. The van der Waals surface area contributed by atoms with Crippen molar-refractivity contribution < 1.29 is 27.5 Å². The fraction of sp³-hybridized carbons (Fsp3) is 0.429. The van der Waals surface area contributed by atoms with Crippen molar-refractivity contribution in [3.05, 3.63) is 59.4 Å². The van der Waals surface area contributed by atoms with Crippen LogP contribution in [-0.2, 0) is 9.53 Å². The summed E-state index contributed by atoms with van der Waals surface area (Å²) < 4.78 is 47.4. The molecule has 1 aliphatic rings. The molecular formula is C28H32F3N3O3. The van der Waals surface area contributed by atoms with Gasteiger partial charge in [-0.25, -0.2) is 18.0 Å². The second-order valence-corrected chi connectivity index (χ2v) is 10.6. The Morgan fingerprint density at radius 1 is 1.08 bits per heavy atom. The minimum Gasteiger partial charge on any atom is -0.444 e. The zero-order valence-corrected chi connectivity index (χ0v) is 21.4. The van der Waals surface area contributed by atoms with E-state index in [2.05, 4.69) is 15.6 Å². The number of H-pyrrole nitrogens is 1. The van der Waals surface area contributed by atoms with Crippen molar-refractivity contribution in [3.8, 4) is 11.3 Å². The molecule has 2 aromatic carbocycles. The molecule has 3 N–H and O–H groups in total. The van der Waals surface area contributed by atoms with E-state index in [0.717, 1.165) is 11.6 Å². The number of alkyl carbamates (subject to hydrolysis) is 1. The molecular weight excluding hydrogens is 483 g/mol. The number of fused-ring (bicyclic) bond motifs is 1. The molecule has 1 aromatic heterocycles. The van der Waals surface area contributed by atoms with Crippen LogP contribution in [0.25, 0.3) is 22.2 Å². The van der Waals surface area contributed by atoms with Gasteiger partial charge in [-0.05, 0) is 93.3 Å². The van der Waals surface area contributed by atoms with Gasteiger partial charge in [-0.2, -0.15) is 0 Å². The Balaban J connectivity index is 1.44. The van der Waals surface area contributed by atoms with Crippen LogP contribution < -0.4 is 10.6 Å². The zero-order valence-electron chi connectivity index (χ0n) is 21.4. The molecule has 0 spiro atoms. The highest BCUT2D eigenvalue weighted by atomic mass is 19.1.